The van der Waals surface area contributed by atoms with Crippen molar-refractivity contribution >= 4 is 24.0 Å². The molecular weight excluding hydrogens is 825 g/mol. The summed E-state index contributed by atoms with van der Waals surface area (Å²) in [7, 11) is 5.79. The zero-order chi connectivity index (χ0) is 45.9. The van der Waals surface area contributed by atoms with Gasteiger partial charge in [-0.2, -0.15) is 0 Å². The fraction of sp³-hybridized carbons (Fsp3) is 0.522. The van der Waals surface area contributed by atoms with E-state index in [2.05, 4.69) is 20.6 Å². The van der Waals surface area contributed by atoms with Gasteiger partial charge in [0.2, 0.25) is 11.8 Å². The van der Waals surface area contributed by atoms with Crippen LogP contribution in [0.2, 0.25) is 0 Å². The highest BCUT2D eigenvalue weighted by atomic mass is 16.5. The number of likely N-dealkylation sites (tertiary alicyclic amines) is 2. The molecule has 64 heavy (non-hydrogen) atoms. The van der Waals surface area contributed by atoms with Crippen LogP contribution in [0.1, 0.15) is 77.1 Å². The van der Waals surface area contributed by atoms with Crippen LogP contribution < -0.4 is 20.1 Å². The highest BCUT2D eigenvalue weighted by Gasteiger charge is 2.39. The van der Waals surface area contributed by atoms with E-state index in [-0.39, 0.29) is 42.3 Å². The lowest BCUT2D eigenvalue weighted by molar-refractivity contribution is -0.136. The van der Waals surface area contributed by atoms with E-state index in [1.165, 1.54) is 14.2 Å². The fourth-order valence-electron chi connectivity index (χ4n) is 8.22. The minimum Gasteiger partial charge on any atom is -0.491 e. The predicted molar refractivity (Wildman–Crippen MR) is 237 cm³/mol. The molecule has 2 aliphatic rings. The third kappa shape index (κ3) is 11.0. The van der Waals surface area contributed by atoms with Crippen LogP contribution >= 0.6 is 0 Å². The number of aromatic amines is 2. The summed E-state index contributed by atoms with van der Waals surface area (Å²) in [5.41, 5.74) is 4.72. The maximum atomic E-state index is 13.8. The van der Waals surface area contributed by atoms with Gasteiger partial charge in [0.1, 0.15) is 48.4 Å². The maximum absolute atomic E-state index is 13.8. The molecule has 4 atom stereocenters. The second-order valence-corrected chi connectivity index (χ2v) is 16.6. The summed E-state index contributed by atoms with van der Waals surface area (Å²) in [6.07, 6.45) is 5.24. The largest absolute Gasteiger partial charge is 0.491 e. The standard InChI is InChI=1S/C46H62N8O10/c1-27(2)39(51-45(57)61-7)43(55)53-17-9-11-35(53)41-47-25-33(49-41)30-15-13-29(14-16-30)31-23-38(64-22-20-60-6)32(24-37(31)63-21-19-59-5)34-26-48-42(50-34)36-12-10-18-54(36)44(56)40(28(3)4)52-46(58)62-8/h13-16,23-28,35-36,39-40H,9-12,17-22H2,1-8H3,(H,47,49)(H,48,50)(H,51,57)(H,52,58)/t35-,36-,39-,40-/m0/s1. The molecule has 4 N–H and O–H groups in total. The van der Waals surface area contributed by atoms with Crippen molar-refractivity contribution in [1.82, 2.24) is 40.4 Å². The van der Waals surface area contributed by atoms with Crippen LogP contribution in [-0.4, -0.2) is 134 Å². The number of carbonyl (C=O) groups is 4. The van der Waals surface area contributed by atoms with Gasteiger partial charge in [-0.3, -0.25) is 9.59 Å². The van der Waals surface area contributed by atoms with Crippen LogP contribution in [0.25, 0.3) is 33.6 Å². The van der Waals surface area contributed by atoms with Crippen LogP contribution in [0.4, 0.5) is 9.59 Å². The summed E-state index contributed by atoms with van der Waals surface area (Å²) in [4.78, 5) is 71.7. The van der Waals surface area contributed by atoms with Crippen molar-refractivity contribution in [2.45, 2.75) is 77.5 Å². The first-order chi connectivity index (χ1) is 30.9. The van der Waals surface area contributed by atoms with E-state index >= 15 is 0 Å². The van der Waals surface area contributed by atoms with E-state index in [4.69, 9.17) is 38.4 Å². The summed E-state index contributed by atoms with van der Waals surface area (Å²) in [6, 6.07) is 9.80. The van der Waals surface area contributed by atoms with Gasteiger partial charge < -0.3 is 58.8 Å². The summed E-state index contributed by atoms with van der Waals surface area (Å²) >= 11 is 0. The molecule has 0 bridgehead atoms. The normalized spacial score (nSPS) is 17.1. The Labute approximate surface area is 374 Å². The van der Waals surface area contributed by atoms with Crippen LogP contribution in [0.3, 0.4) is 0 Å². The molecule has 0 spiro atoms. The average Bonchev–Trinajstić information content (AvgIpc) is 4.14. The Morgan fingerprint density at radius 2 is 1.08 bits per heavy atom. The average molecular weight is 887 g/mol. The number of aromatic nitrogens is 4. The predicted octanol–water partition coefficient (Wildman–Crippen LogP) is 6.27. The minimum atomic E-state index is -0.754. The van der Waals surface area contributed by atoms with Crippen molar-refractivity contribution in [3.63, 3.8) is 0 Å². The number of nitrogens with one attached hydrogen (secondary N) is 4. The number of amides is 4. The minimum absolute atomic E-state index is 0.138. The van der Waals surface area contributed by atoms with Crippen LogP contribution in [0.5, 0.6) is 11.5 Å². The van der Waals surface area contributed by atoms with Crippen molar-refractivity contribution in [3.05, 3.63) is 60.4 Å². The van der Waals surface area contributed by atoms with Crippen molar-refractivity contribution in [2.75, 3.05) is 68.0 Å². The van der Waals surface area contributed by atoms with E-state index in [0.717, 1.165) is 41.6 Å². The third-order valence-electron chi connectivity index (χ3n) is 11.6. The Morgan fingerprint density at radius 1 is 0.641 bits per heavy atom. The first kappa shape index (κ1) is 47.3. The van der Waals surface area contributed by atoms with Crippen LogP contribution in [0, 0.1) is 11.8 Å². The smallest absolute Gasteiger partial charge is 0.407 e. The monoisotopic (exact) mass is 886 g/mol. The Balaban J connectivity index is 1.28. The molecule has 4 heterocycles. The molecule has 18 nitrogen and oxygen atoms in total. The molecule has 2 saturated heterocycles. The molecule has 18 heteroatoms. The fourth-order valence-corrected chi connectivity index (χ4v) is 8.22. The lowest BCUT2D eigenvalue weighted by atomic mass is 9.99. The summed E-state index contributed by atoms with van der Waals surface area (Å²) in [5, 5.41) is 5.40. The molecule has 2 fully saturated rings. The van der Waals surface area contributed by atoms with Crippen molar-refractivity contribution in [2.24, 2.45) is 11.8 Å². The second-order valence-electron chi connectivity index (χ2n) is 16.6. The maximum Gasteiger partial charge on any atom is 0.407 e. The molecule has 346 valence electrons. The third-order valence-corrected chi connectivity index (χ3v) is 11.6. The molecule has 0 unspecified atom stereocenters. The van der Waals surface area contributed by atoms with Gasteiger partial charge in [0.25, 0.3) is 0 Å². The Hall–Kier alpha value is -6.14. The van der Waals surface area contributed by atoms with Gasteiger partial charge in [-0.15, -0.1) is 0 Å². The second kappa shape index (κ2) is 22.0. The number of methoxy groups -OCH3 is 4. The van der Waals surface area contributed by atoms with Gasteiger partial charge in [0.05, 0.1) is 63.3 Å². The van der Waals surface area contributed by atoms with Crippen LogP contribution in [-0.2, 0) is 28.5 Å². The van der Waals surface area contributed by atoms with E-state index in [0.29, 0.717) is 73.7 Å². The summed E-state index contributed by atoms with van der Waals surface area (Å²) < 4.78 is 33.0. The number of H-pyrrole nitrogens is 2. The van der Waals surface area contributed by atoms with E-state index in [9.17, 15) is 19.2 Å². The number of hydrogen-bond acceptors (Lipinski definition) is 12. The van der Waals surface area contributed by atoms with Gasteiger partial charge in [-0.05, 0) is 60.8 Å². The number of ether oxygens (including phenoxy) is 6. The Bertz CT molecular complexity index is 2210. The summed E-state index contributed by atoms with van der Waals surface area (Å²) in [6.45, 7) is 9.94. The summed E-state index contributed by atoms with van der Waals surface area (Å²) in [5.74, 6) is 1.80. The molecule has 0 aliphatic carbocycles. The molecule has 2 aromatic heterocycles. The van der Waals surface area contributed by atoms with Gasteiger partial charge in [-0.25, -0.2) is 19.6 Å². The molecular formula is C46H62N8O10. The SMILES string of the molecule is COCCOc1cc(-c2cnc([C@@H]3CCCN3C(=O)[C@@H](NC(=O)OC)C(C)C)[nH]2)c(OCCOC)cc1-c1ccc(-c2cnc([C@@H]3CCCN3C(=O)[C@@H](NC(=O)OC)C(C)C)[nH]2)cc1. The van der Waals surface area contributed by atoms with Gasteiger partial charge in [0.15, 0.2) is 0 Å². The van der Waals surface area contributed by atoms with E-state index in [1.807, 2.05) is 64.1 Å². The van der Waals surface area contributed by atoms with Crippen molar-refractivity contribution < 1.29 is 47.6 Å². The molecule has 6 rings (SSSR count). The number of alkyl carbamates (subject to hydrolysis) is 2. The lowest BCUT2D eigenvalue weighted by Crippen LogP contribution is -2.51. The number of imidazole rings is 2. The number of benzene rings is 2. The zero-order valence-electron chi connectivity index (χ0n) is 38.0. The van der Waals surface area contributed by atoms with Gasteiger partial charge >= 0.3 is 12.2 Å². The molecule has 2 aromatic carbocycles. The zero-order valence-corrected chi connectivity index (χ0v) is 38.0. The van der Waals surface area contributed by atoms with E-state index in [1.54, 1.807) is 36.4 Å². The highest BCUT2D eigenvalue weighted by Crippen LogP contribution is 2.42. The van der Waals surface area contributed by atoms with Crippen molar-refractivity contribution in [1.29, 1.82) is 0 Å². The first-order valence-corrected chi connectivity index (χ1v) is 21.8. The topological polar surface area (TPSA) is 212 Å². The quantitative estimate of drug-likeness (QED) is 0.0768. The lowest BCUT2D eigenvalue weighted by Gasteiger charge is -2.30. The Morgan fingerprint density at radius 3 is 1.55 bits per heavy atom. The van der Waals surface area contributed by atoms with Crippen molar-refractivity contribution in [3.8, 4) is 45.1 Å². The molecule has 4 amide bonds. The van der Waals surface area contributed by atoms with E-state index < -0.39 is 24.3 Å². The number of hydrogen-bond donors (Lipinski definition) is 4. The molecule has 0 saturated carbocycles. The van der Waals surface area contributed by atoms with Gasteiger partial charge in [0, 0.05) is 38.4 Å². The number of nitrogens with zero attached hydrogens (tertiary/aromatic N) is 4. The van der Waals surface area contributed by atoms with Crippen LogP contribution in [0.15, 0.2) is 48.8 Å². The first-order valence-electron chi connectivity index (χ1n) is 21.8. The van der Waals surface area contributed by atoms with Gasteiger partial charge in [-0.1, -0.05) is 52.0 Å². The highest BCUT2D eigenvalue weighted by molar-refractivity contribution is 5.87. The Kier molecular flexibility index (Phi) is 16.3. The number of carbonyl (C=O) groups excluding carboxylic acids is 4. The molecule has 0 radical (unpaired) electrons. The number of rotatable bonds is 19. The molecule has 4 aromatic rings. The molecule has 2 aliphatic heterocycles.